The van der Waals surface area contributed by atoms with Crippen molar-refractivity contribution >= 4 is 44.4 Å². The summed E-state index contributed by atoms with van der Waals surface area (Å²) in [6.45, 7) is 0.461. The number of carbonyl (C=O) groups excluding carboxylic acids is 2. The lowest BCUT2D eigenvalue weighted by Crippen LogP contribution is -2.27. The molecular weight excluding hydrogens is 475 g/mol. The molecule has 0 unspecified atom stereocenters. The molecule has 0 fully saturated rings. The fourth-order valence-corrected chi connectivity index (χ4v) is 3.71. The molecule has 0 aliphatic heterocycles. The summed E-state index contributed by atoms with van der Waals surface area (Å²) in [6.07, 6.45) is 0.836. The number of amides is 2. The van der Waals surface area contributed by atoms with Gasteiger partial charge in [-0.05, 0) is 69.9 Å². The normalized spacial score (nSPS) is 10.8. The van der Waals surface area contributed by atoms with Gasteiger partial charge in [-0.15, -0.1) is 0 Å². The second-order valence-electron chi connectivity index (χ2n) is 7.32. The van der Waals surface area contributed by atoms with Crippen LogP contribution >= 0.6 is 15.9 Å². The van der Waals surface area contributed by atoms with E-state index in [-0.39, 0.29) is 29.8 Å². The second-order valence-corrected chi connectivity index (χ2v) is 8.18. The smallest absolute Gasteiger partial charge is 0.291 e. The van der Waals surface area contributed by atoms with E-state index < -0.39 is 0 Å². The number of hydrogen-bond donors (Lipinski definition) is 2. The molecule has 5 nitrogen and oxygen atoms in total. The third-order valence-corrected chi connectivity index (χ3v) is 5.55. The van der Waals surface area contributed by atoms with Gasteiger partial charge in [0.2, 0.25) is 5.91 Å². The molecule has 0 bridgehead atoms. The lowest BCUT2D eigenvalue weighted by Gasteiger charge is -2.08. The molecule has 162 valence electrons. The zero-order valence-electron chi connectivity index (χ0n) is 17.0. The maximum Gasteiger partial charge on any atom is 0.291 e. The number of fused-ring (bicyclic) bond motifs is 1. The molecule has 0 aliphatic rings. The van der Waals surface area contributed by atoms with E-state index in [0.29, 0.717) is 28.7 Å². The topological polar surface area (TPSA) is 71.3 Å². The van der Waals surface area contributed by atoms with Crippen molar-refractivity contribution in [2.75, 3.05) is 11.9 Å². The first-order valence-corrected chi connectivity index (χ1v) is 10.9. The highest BCUT2D eigenvalue weighted by atomic mass is 79.9. The second kappa shape index (κ2) is 9.78. The summed E-state index contributed by atoms with van der Waals surface area (Å²) in [7, 11) is 0. The average molecular weight is 495 g/mol. The van der Waals surface area contributed by atoms with Crippen LogP contribution in [-0.4, -0.2) is 18.4 Å². The minimum atomic E-state index is -0.334. The van der Waals surface area contributed by atoms with Crippen LogP contribution in [0.1, 0.15) is 21.7 Å². The summed E-state index contributed by atoms with van der Waals surface area (Å²) in [6, 6.07) is 21.0. The molecular formula is C25H20BrFN2O3. The van der Waals surface area contributed by atoms with Crippen LogP contribution in [0, 0.1) is 5.82 Å². The summed E-state index contributed by atoms with van der Waals surface area (Å²) in [5.74, 6) is -0.512. The van der Waals surface area contributed by atoms with Crippen LogP contribution in [-0.2, 0) is 17.6 Å². The number of furan rings is 1. The first kappa shape index (κ1) is 21.8. The number of rotatable bonds is 7. The number of hydrogen-bond acceptors (Lipinski definition) is 3. The highest BCUT2D eigenvalue weighted by molar-refractivity contribution is 9.10. The van der Waals surface area contributed by atoms with Crippen molar-refractivity contribution in [3.05, 3.63) is 100.0 Å². The lowest BCUT2D eigenvalue weighted by atomic mass is 10.1. The number of halogens is 2. The molecule has 4 aromatic rings. The van der Waals surface area contributed by atoms with Gasteiger partial charge in [-0.25, -0.2) is 4.39 Å². The first-order chi connectivity index (χ1) is 15.5. The van der Waals surface area contributed by atoms with E-state index in [1.807, 2.05) is 24.3 Å². The Morgan fingerprint density at radius 2 is 1.69 bits per heavy atom. The van der Waals surface area contributed by atoms with Crippen molar-refractivity contribution in [3.63, 3.8) is 0 Å². The van der Waals surface area contributed by atoms with Gasteiger partial charge in [0, 0.05) is 17.6 Å². The van der Waals surface area contributed by atoms with E-state index in [4.69, 9.17) is 4.42 Å². The highest BCUT2D eigenvalue weighted by Crippen LogP contribution is 2.20. The van der Waals surface area contributed by atoms with Crippen LogP contribution in [0.5, 0.6) is 0 Å². The van der Waals surface area contributed by atoms with Crippen molar-refractivity contribution in [2.45, 2.75) is 12.8 Å². The van der Waals surface area contributed by atoms with Gasteiger partial charge in [0.05, 0.1) is 10.9 Å². The Morgan fingerprint density at radius 3 is 2.44 bits per heavy atom. The molecule has 2 amide bonds. The molecule has 32 heavy (non-hydrogen) atoms. The lowest BCUT2D eigenvalue weighted by molar-refractivity contribution is -0.120. The van der Waals surface area contributed by atoms with Crippen LogP contribution in [0.2, 0.25) is 0 Å². The SMILES string of the molecule is O=C(Cc1ccc(NC(=O)c2cc3ccccc3o2)cc1)NCCc1ccc(F)c(Br)c1. The summed E-state index contributed by atoms with van der Waals surface area (Å²) >= 11 is 3.16. The molecule has 3 aromatic carbocycles. The summed E-state index contributed by atoms with van der Waals surface area (Å²) in [5, 5.41) is 6.53. The zero-order chi connectivity index (χ0) is 22.5. The van der Waals surface area contributed by atoms with Crippen LogP contribution in [0.4, 0.5) is 10.1 Å². The molecule has 0 saturated heterocycles. The molecule has 2 N–H and O–H groups in total. The molecule has 4 rings (SSSR count). The molecule has 0 radical (unpaired) electrons. The van der Waals surface area contributed by atoms with E-state index >= 15 is 0 Å². The summed E-state index contributed by atoms with van der Waals surface area (Å²) in [5.41, 5.74) is 3.03. The van der Waals surface area contributed by atoms with Gasteiger partial charge in [0.25, 0.3) is 5.91 Å². The molecule has 1 aromatic heterocycles. The fourth-order valence-electron chi connectivity index (χ4n) is 3.28. The third-order valence-electron chi connectivity index (χ3n) is 4.95. The van der Waals surface area contributed by atoms with Crippen LogP contribution < -0.4 is 10.6 Å². The number of para-hydroxylation sites is 1. The Labute approximate surface area is 192 Å². The van der Waals surface area contributed by atoms with Crippen LogP contribution in [0.3, 0.4) is 0 Å². The Morgan fingerprint density at radius 1 is 0.938 bits per heavy atom. The average Bonchev–Trinajstić information content (AvgIpc) is 3.22. The molecule has 0 aliphatic carbocycles. The third kappa shape index (κ3) is 5.42. The predicted octanol–water partition coefficient (Wildman–Crippen LogP) is 5.49. The van der Waals surface area contributed by atoms with Gasteiger partial charge < -0.3 is 15.1 Å². The van der Waals surface area contributed by atoms with Crippen LogP contribution in [0.15, 0.2) is 81.7 Å². The van der Waals surface area contributed by atoms with E-state index in [9.17, 15) is 14.0 Å². The van der Waals surface area contributed by atoms with Gasteiger partial charge in [0.1, 0.15) is 11.4 Å². The van der Waals surface area contributed by atoms with E-state index in [0.717, 1.165) is 16.5 Å². The van der Waals surface area contributed by atoms with Crippen molar-refractivity contribution in [1.29, 1.82) is 0 Å². The number of carbonyl (C=O) groups is 2. The Bertz CT molecular complexity index is 1230. The van der Waals surface area contributed by atoms with Gasteiger partial charge in [0.15, 0.2) is 5.76 Å². The van der Waals surface area contributed by atoms with Crippen LogP contribution in [0.25, 0.3) is 11.0 Å². The summed E-state index contributed by atoms with van der Waals surface area (Å²) in [4.78, 5) is 24.6. The largest absolute Gasteiger partial charge is 0.451 e. The summed E-state index contributed by atoms with van der Waals surface area (Å²) < 4.78 is 19.3. The van der Waals surface area contributed by atoms with E-state index in [1.54, 1.807) is 42.5 Å². The number of nitrogens with one attached hydrogen (secondary N) is 2. The maximum atomic E-state index is 13.3. The van der Waals surface area contributed by atoms with Gasteiger partial charge in [-0.2, -0.15) is 0 Å². The molecule has 0 atom stereocenters. The van der Waals surface area contributed by atoms with Crippen molar-refractivity contribution in [3.8, 4) is 0 Å². The quantitative estimate of drug-likeness (QED) is 0.356. The standard InChI is InChI=1S/C25H20BrFN2O3/c26-20-13-17(7-10-21(20)27)11-12-28-24(30)14-16-5-8-19(9-6-16)29-25(31)23-15-18-3-1-2-4-22(18)32-23/h1-10,13,15H,11-12,14H2,(H,28,30)(H,29,31). The molecule has 0 saturated carbocycles. The Hall–Kier alpha value is -3.45. The highest BCUT2D eigenvalue weighted by Gasteiger charge is 2.12. The van der Waals surface area contributed by atoms with Crippen molar-refractivity contribution < 1.29 is 18.4 Å². The maximum absolute atomic E-state index is 13.3. The predicted molar refractivity (Wildman–Crippen MR) is 125 cm³/mol. The Balaban J connectivity index is 1.26. The van der Waals surface area contributed by atoms with Gasteiger partial charge in [-0.1, -0.05) is 36.4 Å². The number of benzene rings is 3. The molecule has 1 heterocycles. The Kier molecular flexibility index (Phi) is 6.66. The molecule has 7 heteroatoms. The first-order valence-electron chi connectivity index (χ1n) is 10.1. The van der Waals surface area contributed by atoms with Gasteiger partial charge >= 0.3 is 0 Å². The monoisotopic (exact) mass is 494 g/mol. The minimum Gasteiger partial charge on any atom is -0.451 e. The minimum absolute atomic E-state index is 0.106. The molecule has 0 spiro atoms. The van der Waals surface area contributed by atoms with E-state index in [2.05, 4.69) is 26.6 Å². The van der Waals surface area contributed by atoms with Crippen molar-refractivity contribution in [1.82, 2.24) is 5.32 Å². The number of anilines is 1. The van der Waals surface area contributed by atoms with Gasteiger partial charge in [-0.3, -0.25) is 9.59 Å². The van der Waals surface area contributed by atoms with E-state index in [1.165, 1.54) is 6.07 Å². The zero-order valence-corrected chi connectivity index (χ0v) is 18.6. The van der Waals surface area contributed by atoms with Crippen molar-refractivity contribution in [2.24, 2.45) is 0 Å². The fraction of sp³-hybridized carbons (Fsp3) is 0.120.